The summed E-state index contributed by atoms with van der Waals surface area (Å²) in [6.45, 7) is -1.16. The van der Waals surface area contributed by atoms with Gasteiger partial charge in [-0.1, -0.05) is 30.0 Å². The fraction of sp³-hybridized carbons (Fsp3) is 0.214. The molecule has 1 aromatic carbocycles. The molecule has 0 unspecified atom stereocenters. The van der Waals surface area contributed by atoms with Gasteiger partial charge in [-0.15, -0.1) is 0 Å². The maximum Gasteiger partial charge on any atom is 0.0627 e. The number of hydrogen-bond acceptors (Lipinski definition) is 7. The number of para-hydroxylation sites is 1. The van der Waals surface area contributed by atoms with E-state index in [0.717, 1.165) is 4.90 Å². The van der Waals surface area contributed by atoms with Crippen LogP contribution < -0.4 is 15.3 Å². The molecular formula is C14H11N2O5-3. The minimum absolute atomic E-state index is 0.0355. The van der Waals surface area contributed by atoms with Crippen LogP contribution >= 0.6 is 0 Å². The third kappa shape index (κ3) is 3.90. The van der Waals surface area contributed by atoms with E-state index in [0.29, 0.717) is 11.1 Å². The molecule has 2 aromatic rings. The van der Waals surface area contributed by atoms with Gasteiger partial charge >= 0.3 is 0 Å². The van der Waals surface area contributed by atoms with Crippen LogP contribution in [0, 0.1) is 0 Å². The van der Waals surface area contributed by atoms with Gasteiger partial charge in [-0.25, -0.2) is 0 Å². The van der Waals surface area contributed by atoms with E-state index >= 15 is 0 Å². The van der Waals surface area contributed by atoms with Crippen LogP contribution in [0.4, 0.5) is 0 Å². The van der Waals surface area contributed by atoms with Crippen LogP contribution in [0.25, 0.3) is 10.9 Å². The Labute approximate surface area is 120 Å². The first kappa shape index (κ1) is 14.7. The van der Waals surface area contributed by atoms with Gasteiger partial charge in [0.2, 0.25) is 0 Å². The van der Waals surface area contributed by atoms with E-state index in [1.165, 1.54) is 6.07 Å². The molecule has 1 heterocycles. The molecular weight excluding hydrogens is 276 g/mol. The van der Waals surface area contributed by atoms with Gasteiger partial charge in [-0.3, -0.25) is 9.88 Å². The van der Waals surface area contributed by atoms with Gasteiger partial charge in [0, 0.05) is 19.6 Å². The lowest BCUT2D eigenvalue weighted by atomic mass is 10.2. The maximum atomic E-state index is 11.7. The van der Waals surface area contributed by atoms with Gasteiger partial charge in [-0.2, -0.15) is 0 Å². The third-order valence-electron chi connectivity index (χ3n) is 2.83. The van der Waals surface area contributed by atoms with Crippen LogP contribution in [0.1, 0.15) is 5.69 Å². The number of carbonyl (C=O) groups is 2. The minimum Gasteiger partial charge on any atom is -0.871 e. The van der Waals surface area contributed by atoms with Crippen LogP contribution in [-0.4, -0.2) is 34.9 Å². The number of carboxylic acids is 2. The van der Waals surface area contributed by atoms with Crippen molar-refractivity contribution in [3.8, 4) is 5.75 Å². The zero-order chi connectivity index (χ0) is 15.4. The van der Waals surface area contributed by atoms with Crippen LogP contribution in [-0.2, 0) is 16.1 Å². The van der Waals surface area contributed by atoms with E-state index in [2.05, 4.69) is 4.98 Å². The van der Waals surface area contributed by atoms with Crippen molar-refractivity contribution in [1.82, 2.24) is 9.88 Å². The Balaban J connectivity index is 2.25. The smallest absolute Gasteiger partial charge is 0.0627 e. The number of hydrogen-bond donors (Lipinski definition) is 0. The van der Waals surface area contributed by atoms with Gasteiger partial charge in [0.25, 0.3) is 0 Å². The average Bonchev–Trinajstić information content (AvgIpc) is 2.38. The van der Waals surface area contributed by atoms with Crippen LogP contribution in [0.5, 0.6) is 5.75 Å². The second kappa shape index (κ2) is 6.19. The van der Waals surface area contributed by atoms with Gasteiger partial charge in [0.1, 0.15) is 0 Å². The van der Waals surface area contributed by atoms with Crippen molar-refractivity contribution < 1.29 is 24.9 Å². The third-order valence-corrected chi connectivity index (χ3v) is 2.83. The lowest BCUT2D eigenvalue weighted by Crippen LogP contribution is -2.43. The second-order valence-electron chi connectivity index (χ2n) is 4.52. The molecule has 7 nitrogen and oxygen atoms in total. The van der Waals surface area contributed by atoms with E-state index in [9.17, 15) is 24.9 Å². The molecule has 21 heavy (non-hydrogen) atoms. The van der Waals surface area contributed by atoms with E-state index < -0.39 is 25.0 Å². The van der Waals surface area contributed by atoms with Crippen LogP contribution in [0.3, 0.4) is 0 Å². The summed E-state index contributed by atoms with van der Waals surface area (Å²) < 4.78 is 0. The molecule has 110 valence electrons. The first-order chi connectivity index (χ1) is 9.95. The van der Waals surface area contributed by atoms with Crippen molar-refractivity contribution in [3.63, 3.8) is 0 Å². The Hall–Kier alpha value is -2.67. The fourth-order valence-corrected chi connectivity index (χ4v) is 2.01. The zero-order valence-corrected chi connectivity index (χ0v) is 10.9. The Kier molecular flexibility index (Phi) is 4.34. The first-order valence-corrected chi connectivity index (χ1v) is 6.13. The fourth-order valence-electron chi connectivity index (χ4n) is 2.01. The molecule has 2 rings (SSSR count). The monoisotopic (exact) mass is 287 g/mol. The molecule has 0 fully saturated rings. The van der Waals surface area contributed by atoms with Gasteiger partial charge < -0.3 is 24.9 Å². The minimum atomic E-state index is -1.40. The molecule has 0 radical (unpaired) electrons. The predicted molar refractivity (Wildman–Crippen MR) is 66.5 cm³/mol. The normalized spacial score (nSPS) is 10.9. The molecule has 7 heteroatoms. The average molecular weight is 287 g/mol. The molecule has 0 aliphatic carbocycles. The second-order valence-corrected chi connectivity index (χ2v) is 4.52. The summed E-state index contributed by atoms with van der Waals surface area (Å²) in [5.74, 6) is -3.05. The molecule has 1 aromatic heterocycles. The number of pyridine rings is 1. The summed E-state index contributed by atoms with van der Waals surface area (Å²) in [7, 11) is 0. The molecule has 0 atom stereocenters. The Morgan fingerprint density at radius 1 is 1.05 bits per heavy atom. The number of aliphatic carboxylic acids is 2. The van der Waals surface area contributed by atoms with Gasteiger partial charge in [0.15, 0.2) is 0 Å². The molecule has 0 aliphatic rings. The number of rotatable bonds is 6. The predicted octanol–water partition coefficient (Wildman–Crippen LogP) is -2.39. The summed E-state index contributed by atoms with van der Waals surface area (Å²) >= 11 is 0. The molecule has 0 N–H and O–H groups in total. The molecule has 0 aliphatic heterocycles. The number of carboxylic acid groups (broad SMARTS) is 2. The highest BCUT2D eigenvalue weighted by atomic mass is 16.4. The summed E-state index contributed by atoms with van der Waals surface area (Å²) in [6.07, 6.45) is 0. The van der Waals surface area contributed by atoms with Crippen molar-refractivity contribution in [2.45, 2.75) is 6.54 Å². The summed E-state index contributed by atoms with van der Waals surface area (Å²) in [4.78, 5) is 26.5. The van der Waals surface area contributed by atoms with Crippen molar-refractivity contribution in [1.29, 1.82) is 0 Å². The quantitative estimate of drug-likeness (QED) is 0.581. The molecule has 0 saturated heterocycles. The van der Waals surface area contributed by atoms with Crippen molar-refractivity contribution in [3.05, 3.63) is 36.0 Å². The molecule has 0 amide bonds. The van der Waals surface area contributed by atoms with Crippen LogP contribution in [0.15, 0.2) is 30.3 Å². The molecule has 0 bridgehead atoms. The van der Waals surface area contributed by atoms with Gasteiger partial charge in [0.05, 0.1) is 23.1 Å². The summed E-state index contributed by atoms with van der Waals surface area (Å²) in [5, 5.41) is 33.6. The lowest BCUT2D eigenvalue weighted by Gasteiger charge is -2.23. The standard InChI is InChI=1S/C14H14N2O5/c17-11-3-1-2-9-4-5-10(15-14(9)11)6-16(7-12(18)19)8-13(20)21/h1-5,17H,6-8H2,(H,18,19)(H,20,21)/p-3. The van der Waals surface area contributed by atoms with Crippen molar-refractivity contribution >= 4 is 22.8 Å². The highest BCUT2D eigenvalue weighted by molar-refractivity contribution is 5.83. The Morgan fingerprint density at radius 3 is 2.33 bits per heavy atom. The van der Waals surface area contributed by atoms with E-state index in [-0.39, 0.29) is 17.8 Å². The largest absolute Gasteiger partial charge is 0.871 e. The maximum absolute atomic E-state index is 11.7. The van der Waals surface area contributed by atoms with Crippen molar-refractivity contribution in [2.75, 3.05) is 13.1 Å². The van der Waals surface area contributed by atoms with E-state index in [1.807, 2.05) is 0 Å². The number of aromatic nitrogens is 1. The lowest BCUT2D eigenvalue weighted by molar-refractivity contribution is -0.310. The number of nitrogens with zero attached hydrogens (tertiary/aromatic N) is 2. The Morgan fingerprint density at radius 2 is 1.71 bits per heavy atom. The highest BCUT2D eigenvalue weighted by Crippen LogP contribution is 2.20. The SMILES string of the molecule is O=C([O-])CN(CC(=O)[O-])Cc1ccc2cccc([O-])c2n1. The Bertz CT molecular complexity index is 670. The number of benzene rings is 1. The molecule has 0 spiro atoms. The highest BCUT2D eigenvalue weighted by Gasteiger charge is 2.08. The number of fused-ring (bicyclic) bond motifs is 1. The van der Waals surface area contributed by atoms with E-state index in [4.69, 9.17) is 0 Å². The van der Waals surface area contributed by atoms with Gasteiger partial charge in [-0.05, 0) is 11.5 Å². The molecule has 0 saturated carbocycles. The van der Waals surface area contributed by atoms with Crippen LogP contribution in [0.2, 0.25) is 0 Å². The van der Waals surface area contributed by atoms with E-state index in [1.54, 1.807) is 24.3 Å². The number of carbonyl (C=O) groups excluding carboxylic acids is 2. The summed E-state index contributed by atoms with van der Waals surface area (Å²) in [6, 6.07) is 8.01. The van der Waals surface area contributed by atoms with Crippen molar-refractivity contribution in [2.24, 2.45) is 0 Å². The first-order valence-electron chi connectivity index (χ1n) is 6.13. The topological polar surface area (TPSA) is 119 Å². The summed E-state index contributed by atoms with van der Waals surface area (Å²) in [5.41, 5.74) is 0.658. The zero-order valence-electron chi connectivity index (χ0n) is 10.9.